The number of amides is 2. The fourth-order valence-electron chi connectivity index (χ4n) is 3.32. The Morgan fingerprint density at radius 1 is 1.35 bits per heavy atom. The number of carbonyl (C=O) groups is 2. The molecule has 2 saturated heterocycles. The molecule has 0 saturated carbocycles. The molecule has 2 amide bonds. The highest BCUT2D eigenvalue weighted by atomic mass is 32.2. The second-order valence-electron chi connectivity index (χ2n) is 6.28. The lowest BCUT2D eigenvalue weighted by Crippen LogP contribution is -2.32. The van der Waals surface area contributed by atoms with Gasteiger partial charge in [0.15, 0.2) is 9.84 Å². The molecule has 0 aromatic carbocycles. The topological polar surface area (TPSA) is 115 Å². The van der Waals surface area contributed by atoms with E-state index in [1.54, 1.807) is 16.5 Å². The van der Waals surface area contributed by atoms with Crippen molar-refractivity contribution < 1.29 is 18.0 Å². The molecular formula is C14H20N4O4S. The van der Waals surface area contributed by atoms with Crippen molar-refractivity contribution >= 4 is 21.7 Å². The highest BCUT2D eigenvalue weighted by Gasteiger charge is 2.34. The van der Waals surface area contributed by atoms with Crippen LogP contribution in [0, 0.1) is 12.8 Å². The minimum Gasteiger partial charge on any atom is -0.369 e. The zero-order chi connectivity index (χ0) is 16.8. The first-order valence-electron chi connectivity index (χ1n) is 7.61. The van der Waals surface area contributed by atoms with Crippen molar-refractivity contribution in [3.63, 3.8) is 0 Å². The Morgan fingerprint density at radius 3 is 2.65 bits per heavy atom. The Labute approximate surface area is 134 Å². The van der Waals surface area contributed by atoms with Gasteiger partial charge >= 0.3 is 0 Å². The van der Waals surface area contributed by atoms with Crippen LogP contribution in [0.25, 0.3) is 0 Å². The minimum atomic E-state index is -3.01. The summed E-state index contributed by atoms with van der Waals surface area (Å²) in [4.78, 5) is 25.4. The predicted octanol–water partition coefficient (Wildman–Crippen LogP) is -0.501. The van der Waals surface area contributed by atoms with Crippen LogP contribution in [0.3, 0.4) is 0 Å². The van der Waals surface area contributed by atoms with Gasteiger partial charge in [-0.05, 0) is 19.8 Å². The van der Waals surface area contributed by atoms with Crippen molar-refractivity contribution in [2.24, 2.45) is 11.7 Å². The molecule has 9 heteroatoms. The van der Waals surface area contributed by atoms with Crippen LogP contribution in [0.2, 0.25) is 0 Å². The Kier molecular flexibility index (Phi) is 3.91. The quantitative estimate of drug-likeness (QED) is 0.796. The third-order valence-corrected chi connectivity index (χ3v) is 6.46. The molecule has 0 aliphatic carbocycles. The lowest BCUT2D eigenvalue weighted by atomic mass is 10.1. The van der Waals surface area contributed by atoms with Crippen LogP contribution in [0.15, 0.2) is 6.20 Å². The number of hydrogen-bond acceptors (Lipinski definition) is 5. The first-order valence-corrected chi connectivity index (χ1v) is 9.44. The standard InChI is InChI=1S/C14H20N4O4S/c1-9-12(14(20)17-4-2-10(7-17)13(15)19)6-16-18(9)11-3-5-23(21,22)8-11/h6,10-11H,2-5,7-8H2,1H3,(H2,15,19)/t10-,11+/m0/s1. The lowest BCUT2D eigenvalue weighted by molar-refractivity contribution is -0.121. The number of nitrogens with zero attached hydrogens (tertiary/aromatic N) is 3. The Balaban J connectivity index is 1.77. The van der Waals surface area contributed by atoms with Gasteiger partial charge in [0.2, 0.25) is 5.91 Å². The van der Waals surface area contributed by atoms with Gasteiger partial charge in [-0.3, -0.25) is 14.3 Å². The van der Waals surface area contributed by atoms with Crippen LogP contribution in [-0.2, 0) is 14.6 Å². The number of hydrogen-bond donors (Lipinski definition) is 1. The predicted molar refractivity (Wildman–Crippen MR) is 82.5 cm³/mol. The summed E-state index contributed by atoms with van der Waals surface area (Å²) in [5.74, 6) is -0.639. The number of aromatic nitrogens is 2. The van der Waals surface area contributed by atoms with E-state index in [0.29, 0.717) is 37.2 Å². The van der Waals surface area contributed by atoms with E-state index < -0.39 is 9.84 Å². The van der Waals surface area contributed by atoms with Gasteiger partial charge in [-0.1, -0.05) is 0 Å². The highest BCUT2D eigenvalue weighted by molar-refractivity contribution is 7.91. The number of likely N-dealkylation sites (tertiary alicyclic amines) is 1. The fourth-order valence-corrected chi connectivity index (χ4v) is 5.01. The summed E-state index contributed by atoms with van der Waals surface area (Å²) in [6, 6.07) is -0.210. The van der Waals surface area contributed by atoms with Gasteiger partial charge < -0.3 is 10.6 Å². The molecule has 2 aliphatic rings. The summed E-state index contributed by atoms with van der Waals surface area (Å²) >= 11 is 0. The van der Waals surface area contributed by atoms with Crippen molar-refractivity contribution in [3.8, 4) is 0 Å². The molecular weight excluding hydrogens is 320 g/mol. The van der Waals surface area contributed by atoms with Gasteiger partial charge in [0.25, 0.3) is 5.91 Å². The molecule has 1 aromatic heterocycles. The van der Waals surface area contributed by atoms with Gasteiger partial charge in [0.1, 0.15) is 0 Å². The first-order chi connectivity index (χ1) is 10.8. The normalized spacial score (nSPS) is 26.6. The third kappa shape index (κ3) is 2.97. The Morgan fingerprint density at radius 2 is 2.09 bits per heavy atom. The number of rotatable bonds is 3. The van der Waals surface area contributed by atoms with E-state index >= 15 is 0 Å². The molecule has 2 atom stereocenters. The van der Waals surface area contributed by atoms with E-state index in [4.69, 9.17) is 5.73 Å². The molecule has 2 fully saturated rings. The van der Waals surface area contributed by atoms with Crippen LogP contribution in [0.5, 0.6) is 0 Å². The number of primary amides is 1. The molecule has 126 valence electrons. The molecule has 23 heavy (non-hydrogen) atoms. The summed E-state index contributed by atoms with van der Waals surface area (Å²) in [5, 5.41) is 4.22. The van der Waals surface area contributed by atoms with E-state index in [2.05, 4.69) is 5.10 Å². The molecule has 0 bridgehead atoms. The van der Waals surface area contributed by atoms with Gasteiger partial charge in [-0.2, -0.15) is 5.10 Å². The molecule has 3 heterocycles. The fraction of sp³-hybridized carbons (Fsp3) is 0.643. The van der Waals surface area contributed by atoms with Gasteiger partial charge in [0, 0.05) is 18.8 Å². The molecule has 0 radical (unpaired) electrons. The molecule has 2 aliphatic heterocycles. The van der Waals surface area contributed by atoms with E-state index in [0.717, 1.165) is 0 Å². The summed E-state index contributed by atoms with van der Waals surface area (Å²) in [6.07, 6.45) is 2.58. The maximum Gasteiger partial charge on any atom is 0.257 e. The average Bonchev–Trinajstić information content (AvgIpc) is 3.16. The van der Waals surface area contributed by atoms with Crippen LogP contribution in [0.1, 0.15) is 34.9 Å². The molecule has 0 spiro atoms. The van der Waals surface area contributed by atoms with Crippen LogP contribution >= 0.6 is 0 Å². The number of carbonyl (C=O) groups excluding carboxylic acids is 2. The summed E-state index contributed by atoms with van der Waals surface area (Å²) in [7, 11) is -3.01. The average molecular weight is 340 g/mol. The Hall–Kier alpha value is -1.90. The SMILES string of the molecule is Cc1c(C(=O)N2CC[C@H](C(N)=O)C2)cnn1[C@@H]1CCS(=O)(=O)C1. The molecule has 0 unspecified atom stereocenters. The maximum absolute atomic E-state index is 12.6. The second-order valence-corrected chi connectivity index (χ2v) is 8.51. The summed E-state index contributed by atoms with van der Waals surface area (Å²) in [5.41, 5.74) is 6.41. The molecule has 3 rings (SSSR count). The van der Waals surface area contributed by atoms with E-state index in [9.17, 15) is 18.0 Å². The zero-order valence-corrected chi connectivity index (χ0v) is 13.8. The van der Waals surface area contributed by atoms with E-state index in [1.807, 2.05) is 0 Å². The lowest BCUT2D eigenvalue weighted by Gasteiger charge is -2.16. The molecule has 8 nitrogen and oxygen atoms in total. The maximum atomic E-state index is 12.6. The highest BCUT2D eigenvalue weighted by Crippen LogP contribution is 2.26. The van der Waals surface area contributed by atoms with E-state index in [-0.39, 0.29) is 35.3 Å². The number of sulfone groups is 1. The van der Waals surface area contributed by atoms with Crippen LogP contribution < -0.4 is 5.73 Å². The van der Waals surface area contributed by atoms with Crippen LogP contribution in [0.4, 0.5) is 0 Å². The summed E-state index contributed by atoms with van der Waals surface area (Å²) in [6.45, 7) is 2.60. The largest absolute Gasteiger partial charge is 0.369 e. The van der Waals surface area contributed by atoms with Crippen molar-refractivity contribution in [2.75, 3.05) is 24.6 Å². The minimum absolute atomic E-state index is 0.0661. The van der Waals surface area contributed by atoms with Crippen molar-refractivity contribution in [3.05, 3.63) is 17.5 Å². The van der Waals surface area contributed by atoms with Gasteiger partial charge in [0.05, 0.1) is 35.2 Å². The van der Waals surface area contributed by atoms with Crippen molar-refractivity contribution in [2.45, 2.75) is 25.8 Å². The second kappa shape index (κ2) is 5.63. The zero-order valence-electron chi connectivity index (χ0n) is 12.9. The monoisotopic (exact) mass is 340 g/mol. The van der Waals surface area contributed by atoms with Crippen LogP contribution in [-0.4, -0.2) is 59.5 Å². The first kappa shape index (κ1) is 16.0. The molecule has 1 aromatic rings. The summed E-state index contributed by atoms with van der Waals surface area (Å²) < 4.78 is 24.9. The van der Waals surface area contributed by atoms with Crippen molar-refractivity contribution in [1.82, 2.24) is 14.7 Å². The third-order valence-electron chi connectivity index (χ3n) is 4.71. The van der Waals surface area contributed by atoms with Gasteiger partial charge in [-0.15, -0.1) is 0 Å². The van der Waals surface area contributed by atoms with Gasteiger partial charge in [-0.25, -0.2) is 8.42 Å². The van der Waals surface area contributed by atoms with Crippen molar-refractivity contribution in [1.29, 1.82) is 0 Å². The molecule has 2 N–H and O–H groups in total. The Bertz CT molecular complexity index is 755. The smallest absolute Gasteiger partial charge is 0.257 e. The van der Waals surface area contributed by atoms with E-state index in [1.165, 1.54) is 6.20 Å². The number of nitrogens with two attached hydrogens (primary N) is 1.